The SMILES string of the molecule is CC(C)(O)c1ccc(C(C)(C)O)[se]1. The summed E-state index contributed by atoms with van der Waals surface area (Å²) in [7, 11) is 0. The van der Waals surface area contributed by atoms with Crippen LogP contribution in [0.15, 0.2) is 12.1 Å². The standard InChI is InChI=1S/C10H16O2Se/c1-9(2,11)7-5-6-8(13-7)10(3,4)12/h5-6,11-12H,1-4H3. The average molecular weight is 247 g/mol. The Morgan fingerprint density at radius 2 is 1.23 bits per heavy atom. The zero-order valence-electron chi connectivity index (χ0n) is 8.46. The first-order valence-corrected chi connectivity index (χ1v) is 5.98. The Kier molecular flexibility index (Phi) is 2.75. The minimum atomic E-state index is -0.747. The molecule has 0 aliphatic rings. The number of hydrogen-bond acceptors (Lipinski definition) is 2. The quantitative estimate of drug-likeness (QED) is 0.771. The molecule has 0 aliphatic carbocycles. The van der Waals surface area contributed by atoms with Gasteiger partial charge in [-0.25, -0.2) is 0 Å². The first kappa shape index (κ1) is 11.0. The van der Waals surface area contributed by atoms with Crippen LogP contribution in [0.25, 0.3) is 0 Å². The van der Waals surface area contributed by atoms with Crippen LogP contribution in [0.5, 0.6) is 0 Å². The second kappa shape index (κ2) is 3.25. The molecule has 0 aliphatic heterocycles. The molecule has 0 saturated carbocycles. The molecular weight excluding hydrogens is 231 g/mol. The van der Waals surface area contributed by atoms with Crippen molar-refractivity contribution in [2.75, 3.05) is 0 Å². The van der Waals surface area contributed by atoms with Gasteiger partial charge in [0.05, 0.1) is 0 Å². The normalized spacial score (nSPS) is 13.4. The number of rotatable bonds is 2. The molecule has 0 saturated heterocycles. The molecule has 0 bridgehead atoms. The van der Waals surface area contributed by atoms with Gasteiger partial charge in [-0.15, -0.1) is 0 Å². The summed E-state index contributed by atoms with van der Waals surface area (Å²) >= 11 is 0.0938. The van der Waals surface area contributed by atoms with Crippen molar-refractivity contribution in [2.45, 2.75) is 38.9 Å². The summed E-state index contributed by atoms with van der Waals surface area (Å²) < 4.78 is 2.05. The average Bonchev–Trinajstić information content (AvgIpc) is 2.28. The van der Waals surface area contributed by atoms with Crippen LogP contribution in [0.1, 0.15) is 36.6 Å². The molecule has 1 rings (SSSR count). The van der Waals surface area contributed by atoms with E-state index in [1.165, 1.54) is 0 Å². The Morgan fingerprint density at radius 1 is 0.923 bits per heavy atom. The van der Waals surface area contributed by atoms with Crippen molar-refractivity contribution in [1.82, 2.24) is 0 Å². The van der Waals surface area contributed by atoms with Gasteiger partial charge in [-0.3, -0.25) is 0 Å². The molecule has 3 heteroatoms. The van der Waals surface area contributed by atoms with Crippen molar-refractivity contribution in [2.24, 2.45) is 0 Å². The fourth-order valence-electron chi connectivity index (χ4n) is 0.996. The van der Waals surface area contributed by atoms with Crippen LogP contribution in [0.2, 0.25) is 0 Å². The summed E-state index contributed by atoms with van der Waals surface area (Å²) in [5.41, 5.74) is -1.49. The molecular formula is C10H16O2Se. The van der Waals surface area contributed by atoms with Gasteiger partial charge in [-0.05, 0) is 0 Å². The second-order valence-electron chi connectivity index (χ2n) is 4.28. The van der Waals surface area contributed by atoms with Crippen LogP contribution in [0.4, 0.5) is 0 Å². The maximum atomic E-state index is 9.73. The summed E-state index contributed by atoms with van der Waals surface area (Å²) in [6, 6.07) is 3.85. The number of aliphatic hydroxyl groups is 2. The molecule has 1 heterocycles. The van der Waals surface area contributed by atoms with E-state index in [4.69, 9.17) is 0 Å². The fraction of sp³-hybridized carbons (Fsp3) is 0.600. The Morgan fingerprint density at radius 3 is 1.38 bits per heavy atom. The topological polar surface area (TPSA) is 40.5 Å². The maximum absolute atomic E-state index is 9.73. The summed E-state index contributed by atoms with van der Waals surface area (Å²) in [6.45, 7) is 7.12. The number of hydrogen-bond donors (Lipinski definition) is 2. The van der Waals surface area contributed by atoms with E-state index in [0.29, 0.717) is 0 Å². The summed E-state index contributed by atoms with van der Waals surface area (Å²) in [5.74, 6) is 0. The van der Waals surface area contributed by atoms with Crippen molar-refractivity contribution in [3.05, 3.63) is 21.0 Å². The van der Waals surface area contributed by atoms with E-state index in [9.17, 15) is 10.2 Å². The second-order valence-corrected chi connectivity index (χ2v) is 6.56. The van der Waals surface area contributed by atoms with E-state index in [-0.39, 0.29) is 14.5 Å². The van der Waals surface area contributed by atoms with E-state index in [0.717, 1.165) is 8.87 Å². The van der Waals surface area contributed by atoms with Gasteiger partial charge in [0.15, 0.2) is 0 Å². The molecule has 0 radical (unpaired) electrons. The van der Waals surface area contributed by atoms with Gasteiger partial charge >= 0.3 is 84.6 Å². The van der Waals surface area contributed by atoms with Crippen molar-refractivity contribution < 1.29 is 10.2 Å². The van der Waals surface area contributed by atoms with Gasteiger partial charge in [0.1, 0.15) is 0 Å². The van der Waals surface area contributed by atoms with Gasteiger partial charge in [-0.2, -0.15) is 0 Å². The Balaban J connectivity index is 3.01. The first-order chi connectivity index (χ1) is 5.71. The summed E-state index contributed by atoms with van der Waals surface area (Å²) in [4.78, 5) is 0. The molecule has 2 nitrogen and oxygen atoms in total. The summed E-state index contributed by atoms with van der Waals surface area (Å²) in [5, 5.41) is 19.5. The van der Waals surface area contributed by atoms with Gasteiger partial charge < -0.3 is 0 Å². The van der Waals surface area contributed by atoms with Crippen LogP contribution in [-0.2, 0) is 11.2 Å². The van der Waals surface area contributed by atoms with E-state index in [2.05, 4.69) is 0 Å². The molecule has 0 amide bonds. The van der Waals surface area contributed by atoms with Crippen molar-refractivity contribution in [1.29, 1.82) is 0 Å². The van der Waals surface area contributed by atoms with E-state index < -0.39 is 11.2 Å². The van der Waals surface area contributed by atoms with Crippen LogP contribution in [0.3, 0.4) is 0 Å². The molecule has 1 aromatic rings. The van der Waals surface area contributed by atoms with E-state index in [1.54, 1.807) is 27.7 Å². The third-order valence-corrected chi connectivity index (χ3v) is 5.40. The molecule has 0 unspecified atom stereocenters. The van der Waals surface area contributed by atoms with Crippen LogP contribution >= 0.6 is 0 Å². The molecule has 0 spiro atoms. The van der Waals surface area contributed by atoms with Crippen LogP contribution < -0.4 is 0 Å². The fourth-order valence-corrected chi connectivity index (χ4v) is 3.11. The Bertz CT molecular complexity index is 260. The van der Waals surface area contributed by atoms with Gasteiger partial charge in [-0.1, -0.05) is 0 Å². The minimum absolute atomic E-state index is 0.0938. The Hall–Kier alpha value is -0.0805. The van der Waals surface area contributed by atoms with Crippen LogP contribution in [-0.4, -0.2) is 24.7 Å². The molecule has 0 atom stereocenters. The van der Waals surface area contributed by atoms with Crippen molar-refractivity contribution in [3.63, 3.8) is 0 Å². The predicted molar refractivity (Wildman–Crippen MR) is 53.9 cm³/mol. The van der Waals surface area contributed by atoms with Gasteiger partial charge in [0.25, 0.3) is 0 Å². The summed E-state index contributed by atoms with van der Waals surface area (Å²) in [6.07, 6.45) is 0. The van der Waals surface area contributed by atoms with Gasteiger partial charge in [0, 0.05) is 0 Å². The monoisotopic (exact) mass is 248 g/mol. The molecule has 2 N–H and O–H groups in total. The predicted octanol–water partition coefficient (Wildman–Crippen LogP) is 1.20. The van der Waals surface area contributed by atoms with Gasteiger partial charge in [0.2, 0.25) is 0 Å². The molecule has 0 aromatic carbocycles. The molecule has 74 valence electrons. The van der Waals surface area contributed by atoms with E-state index >= 15 is 0 Å². The van der Waals surface area contributed by atoms with Crippen molar-refractivity contribution in [3.8, 4) is 0 Å². The molecule has 1 aromatic heterocycles. The first-order valence-electron chi connectivity index (χ1n) is 4.27. The van der Waals surface area contributed by atoms with Crippen LogP contribution in [0, 0.1) is 0 Å². The molecule has 0 fully saturated rings. The zero-order valence-corrected chi connectivity index (χ0v) is 10.2. The third-order valence-electron chi connectivity index (χ3n) is 1.81. The zero-order chi connectivity index (χ0) is 10.3. The Labute approximate surface area is 85.0 Å². The van der Waals surface area contributed by atoms with Crippen molar-refractivity contribution >= 4 is 14.5 Å². The van der Waals surface area contributed by atoms with E-state index in [1.807, 2.05) is 12.1 Å². The third kappa shape index (κ3) is 2.68. The molecule has 13 heavy (non-hydrogen) atoms.